The Labute approximate surface area is 171 Å². The van der Waals surface area contributed by atoms with Gasteiger partial charge in [0.2, 0.25) is 0 Å². The van der Waals surface area contributed by atoms with Gasteiger partial charge in [-0.2, -0.15) is 0 Å². The Morgan fingerprint density at radius 2 is 1.70 bits per heavy atom. The highest BCUT2D eigenvalue weighted by molar-refractivity contribution is 5.29. The van der Waals surface area contributed by atoms with Gasteiger partial charge in [0, 0.05) is 0 Å². The zero-order valence-electron chi connectivity index (χ0n) is 19.2. The van der Waals surface area contributed by atoms with Crippen molar-refractivity contribution in [2.24, 2.45) is 35.5 Å². The molecule has 0 heteroatoms. The Bertz CT molecular complexity index is 456. The molecule has 2 aliphatic carbocycles. The fourth-order valence-corrected chi connectivity index (χ4v) is 6.01. The third-order valence-electron chi connectivity index (χ3n) is 7.88. The van der Waals surface area contributed by atoms with Gasteiger partial charge in [0.1, 0.15) is 0 Å². The molecule has 0 heterocycles. The Hall–Kier alpha value is -0.520. The van der Waals surface area contributed by atoms with Crippen molar-refractivity contribution >= 4 is 0 Å². The summed E-state index contributed by atoms with van der Waals surface area (Å²) >= 11 is 0. The molecule has 2 saturated carbocycles. The Balaban J connectivity index is 1.94. The monoisotopic (exact) mass is 372 g/mol. The summed E-state index contributed by atoms with van der Waals surface area (Å²) in [5.74, 6) is 5.58. The number of allylic oxidation sites excluding steroid dienone is 3. The molecule has 0 aromatic carbocycles. The molecule has 1 unspecified atom stereocenters. The summed E-state index contributed by atoms with van der Waals surface area (Å²) in [5.41, 5.74) is 2.94. The standard InChI is InChI=1S/C27H48/c1-7-9-10-12-20(3)19-27(23(6)22(5)11-8-2)25-15-13-24(14-16-25)26-17-21(4)18-26/h11,20-21,24-27H,6-10,12-19H2,1-5H3/b22-11+/t20?,21?,24?,25?,26?,27-/m1/s1. The van der Waals surface area contributed by atoms with E-state index in [0.29, 0.717) is 0 Å². The predicted molar refractivity (Wildman–Crippen MR) is 122 cm³/mol. The van der Waals surface area contributed by atoms with Crippen molar-refractivity contribution in [2.45, 2.75) is 112 Å². The van der Waals surface area contributed by atoms with Crippen LogP contribution >= 0.6 is 0 Å². The average Bonchev–Trinajstić information content (AvgIpc) is 2.64. The first-order valence-electron chi connectivity index (χ1n) is 12.3. The van der Waals surface area contributed by atoms with Crippen molar-refractivity contribution in [1.29, 1.82) is 0 Å². The van der Waals surface area contributed by atoms with Crippen LogP contribution in [0.1, 0.15) is 112 Å². The number of rotatable bonds is 11. The molecule has 0 bridgehead atoms. The third-order valence-corrected chi connectivity index (χ3v) is 7.88. The molecule has 0 N–H and O–H groups in total. The van der Waals surface area contributed by atoms with Crippen molar-refractivity contribution < 1.29 is 0 Å². The van der Waals surface area contributed by atoms with Gasteiger partial charge < -0.3 is 0 Å². The van der Waals surface area contributed by atoms with E-state index in [1.807, 2.05) is 0 Å². The van der Waals surface area contributed by atoms with Gasteiger partial charge in [-0.3, -0.25) is 0 Å². The van der Waals surface area contributed by atoms with Crippen LogP contribution in [-0.4, -0.2) is 0 Å². The molecule has 156 valence electrons. The molecule has 0 nitrogen and oxygen atoms in total. The van der Waals surface area contributed by atoms with E-state index in [0.717, 1.165) is 41.9 Å². The van der Waals surface area contributed by atoms with Gasteiger partial charge in [0.05, 0.1) is 0 Å². The van der Waals surface area contributed by atoms with Gasteiger partial charge >= 0.3 is 0 Å². The third kappa shape index (κ3) is 6.79. The molecular weight excluding hydrogens is 324 g/mol. The van der Waals surface area contributed by atoms with Gasteiger partial charge in [0.25, 0.3) is 0 Å². The van der Waals surface area contributed by atoms with Gasteiger partial charge in [-0.15, -0.1) is 0 Å². The highest BCUT2D eigenvalue weighted by atomic mass is 14.4. The van der Waals surface area contributed by atoms with E-state index < -0.39 is 0 Å². The number of hydrogen-bond donors (Lipinski definition) is 0. The zero-order chi connectivity index (χ0) is 19.8. The molecule has 0 amide bonds. The second-order valence-corrected chi connectivity index (χ2v) is 10.3. The van der Waals surface area contributed by atoms with Crippen LogP contribution in [0.4, 0.5) is 0 Å². The summed E-state index contributed by atoms with van der Waals surface area (Å²) in [7, 11) is 0. The molecule has 0 radical (unpaired) electrons. The van der Waals surface area contributed by atoms with Crippen LogP contribution in [0.2, 0.25) is 0 Å². The van der Waals surface area contributed by atoms with E-state index >= 15 is 0 Å². The molecule has 27 heavy (non-hydrogen) atoms. The normalized spacial score (nSPS) is 31.2. The summed E-state index contributed by atoms with van der Waals surface area (Å²) in [6.07, 6.45) is 19.4. The van der Waals surface area contributed by atoms with Crippen LogP contribution in [0.15, 0.2) is 23.8 Å². The van der Waals surface area contributed by atoms with Crippen molar-refractivity contribution in [2.75, 3.05) is 0 Å². The number of unbranched alkanes of at least 4 members (excludes halogenated alkanes) is 2. The maximum Gasteiger partial charge on any atom is -0.0134 e. The van der Waals surface area contributed by atoms with E-state index in [1.165, 1.54) is 81.8 Å². The molecule has 0 spiro atoms. The average molecular weight is 373 g/mol. The highest BCUT2D eigenvalue weighted by Gasteiger charge is 2.37. The Morgan fingerprint density at radius 3 is 2.26 bits per heavy atom. The van der Waals surface area contributed by atoms with Crippen LogP contribution in [0.25, 0.3) is 0 Å². The summed E-state index contributed by atoms with van der Waals surface area (Å²) in [6.45, 7) is 16.4. The minimum Gasteiger partial charge on any atom is -0.0953 e. The Kier molecular flexibility index (Phi) is 9.67. The summed E-state index contributed by atoms with van der Waals surface area (Å²) in [6, 6.07) is 0. The fraction of sp³-hybridized carbons (Fsp3) is 0.852. The quantitative estimate of drug-likeness (QED) is 0.251. The first-order valence-corrected chi connectivity index (χ1v) is 12.3. The maximum absolute atomic E-state index is 4.62. The fourth-order valence-electron chi connectivity index (χ4n) is 6.01. The van der Waals surface area contributed by atoms with Crippen LogP contribution < -0.4 is 0 Å². The van der Waals surface area contributed by atoms with Gasteiger partial charge in [-0.25, -0.2) is 0 Å². The van der Waals surface area contributed by atoms with Crippen LogP contribution in [0, 0.1) is 35.5 Å². The molecular formula is C27H48. The topological polar surface area (TPSA) is 0 Å². The van der Waals surface area contributed by atoms with E-state index in [9.17, 15) is 0 Å². The van der Waals surface area contributed by atoms with E-state index in [4.69, 9.17) is 0 Å². The van der Waals surface area contributed by atoms with Crippen molar-refractivity contribution in [3.63, 3.8) is 0 Å². The van der Waals surface area contributed by atoms with E-state index in [1.54, 1.807) is 0 Å². The summed E-state index contributed by atoms with van der Waals surface area (Å²) in [4.78, 5) is 0. The first-order chi connectivity index (χ1) is 13.0. The van der Waals surface area contributed by atoms with Gasteiger partial charge in [-0.05, 0) is 99.4 Å². The lowest BCUT2D eigenvalue weighted by Crippen LogP contribution is -2.33. The van der Waals surface area contributed by atoms with Gasteiger partial charge in [0.15, 0.2) is 0 Å². The summed E-state index contributed by atoms with van der Waals surface area (Å²) in [5, 5.41) is 0. The predicted octanol–water partition coefficient (Wildman–Crippen LogP) is 8.97. The zero-order valence-corrected chi connectivity index (χ0v) is 19.2. The van der Waals surface area contributed by atoms with Crippen molar-refractivity contribution in [3.8, 4) is 0 Å². The van der Waals surface area contributed by atoms with Gasteiger partial charge in [-0.1, -0.05) is 71.6 Å². The van der Waals surface area contributed by atoms with Crippen LogP contribution in [0.5, 0.6) is 0 Å². The smallest absolute Gasteiger partial charge is 0.0134 e. The van der Waals surface area contributed by atoms with Crippen molar-refractivity contribution in [1.82, 2.24) is 0 Å². The molecule has 2 atom stereocenters. The second kappa shape index (κ2) is 11.5. The molecule has 0 aliphatic heterocycles. The number of hydrogen-bond acceptors (Lipinski definition) is 0. The lowest BCUT2D eigenvalue weighted by atomic mass is 9.62. The second-order valence-electron chi connectivity index (χ2n) is 10.3. The van der Waals surface area contributed by atoms with Crippen LogP contribution in [0.3, 0.4) is 0 Å². The molecule has 2 rings (SSSR count). The SMILES string of the molecule is C=C(/C(C)=C/CC)[C@@H](CC(C)CCCCC)C1CCC(C2CC(C)C2)CC1. The highest BCUT2D eigenvalue weighted by Crippen LogP contribution is 2.48. The lowest BCUT2D eigenvalue weighted by Gasteiger charge is -2.44. The minimum absolute atomic E-state index is 0.727. The minimum atomic E-state index is 0.727. The molecule has 0 aromatic heterocycles. The molecule has 2 fully saturated rings. The van der Waals surface area contributed by atoms with E-state index in [2.05, 4.69) is 47.3 Å². The first kappa shape index (κ1) is 22.8. The van der Waals surface area contributed by atoms with Crippen LogP contribution in [-0.2, 0) is 0 Å². The molecule has 2 aliphatic rings. The van der Waals surface area contributed by atoms with Crippen molar-refractivity contribution in [3.05, 3.63) is 23.8 Å². The molecule has 0 aromatic rings. The maximum atomic E-state index is 4.62. The van der Waals surface area contributed by atoms with E-state index in [-0.39, 0.29) is 0 Å². The largest absolute Gasteiger partial charge is 0.0953 e. The Morgan fingerprint density at radius 1 is 1.04 bits per heavy atom. The lowest BCUT2D eigenvalue weighted by molar-refractivity contribution is 0.0832. The molecule has 0 saturated heterocycles. The summed E-state index contributed by atoms with van der Waals surface area (Å²) < 4.78 is 0.